The van der Waals surface area contributed by atoms with Crippen LogP contribution in [-0.4, -0.2) is 58.5 Å². The van der Waals surface area contributed by atoms with E-state index in [2.05, 4.69) is 5.32 Å². The lowest BCUT2D eigenvalue weighted by Gasteiger charge is -2.33. The van der Waals surface area contributed by atoms with Gasteiger partial charge in [-0.1, -0.05) is 61.9 Å². The summed E-state index contributed by atoms with van der Waals surface area (Å²) in [5, 5.41) is 2.89. The zero-order valence-corrected chi connectivity index (χ0v) is 25.1. The maximum atomic E-state index is 14.1. The van der Waals surface area contributed by atoms with E-state index in [1.165, 1.54) is 37.3 Å². The number of hydrogen-bond donors (Lipinski definition) is 1. The molecule has 10 heteroatoms. The maximum absolute atomic E-state index is 14.1. The molecule has 41 heavy (non-hydrogen) atoms. The molecule has 220 valence electrons. The standard InChI is InChI=1S/C31H39N3O6S/c1-6-19-32-31(36)27(7-2)33(21-24-15-13-23(3)14-16-24)30(35)22-34(25-11-9-8-10-12-25)41(37,38)26-17-18-28(39-4)29(20-26)40-5/h8-18,20,27H,6-7,19,21-22H2,1-5H3,(H,32,36)/t27-/m0/s1. The van der Waals surface area contributed by atoms with Gasteiger partial charge < -0.3 is 19.7 Å². The van der Waals surface area contributed by atoms with E-state index in [9.17, 15) is 18.0 Å². The quantitative estimate of drug-likeness (QED) is 0.300. The lowest BCUT2D eigenvalue weighted by Crippen LogP contribution is -2.52. The average Bonchev–Trinajstić information content (AvgIpc) is 2.99. The highest BCUT2D eigenvalue weighted by molar-refractivity contribution is 7.92. The third-order valence-electron chi connectivity index (χ3n) is 6.67. The molecular weight excluding hydrogens is 542 g/mol. The summed E-state index contributed by atoms with van der Waals surface area (Å²) in [6, 6.07) is 19.6. The Balaban J connectivity index is 2.05. The number of carbonyl (C=O) groups is 2. The Morgan fingerprint density at radius 2 is 1.56 bits per heavy atom. The topological polar surface area (TPSA) is 105 Å². The minimum atomic E-state index is -4.24. The summed E-state index contributed by atoms with van der Waals surface area (Å²) in [4.78, 5) is 28.6. The van der Waals surface area contributed by atoms with Gasteiger partial charge in [-0.25, -0.2) is 8.42 Å². The van der Waals surface area contributed by atoms with Crippen molar-refractivity contribution in [2.75, 3.05) is 31.6 Å². The predicted octanol–water partition coefficient (Wildman–Crippen LogP) is 4.54. The number of amides is 2. The summed E-state index contributed by atoms with van der Waals surface area (Å²) in [5.41, 5.74) is 2.21. The molecule has 0 saturated heterocycles. The van der Waals surface area contributed by atoms with Crippen LogP contribution in [0.25, 0.3) is 0 Å². The van der Waals surface area contributed by atoms with E-state index < -0.39 is 28.5 Å². The molecule has 0 aromatic heterocycles. The smallest absolute Gasteiger partial charge is 0.264 e. The summed E-state index contributed by atoms with van der Waals surface area (Å²) in [7, 11) is -1.35. The summed E-state index contributed by atoms with van der Waals surface area (Å²) in [5.74, 6) is -0.157. The van der Waals surface area contributed by atoms with Crippen molar-refractivity contribution >= 4 is 27.5 Å². The number of carbonyl (C=O) groups excluding carboxylic acids is 2. The normalized spacial score (nSPS) is 11.8. The van der Waals surface area contributed by atoms with Gasteiger partial charge in [-0.15, -0.1) is 0 Å². The average molecular weight is 582 g/mol. The third kappa shape index (κ3) is 7.79. The van der Waals surface area contributed by atoms with Gasteiger partial charge in [-0.05, 0) is 49.6 Å². The molecule has 3 rings (SSSR count). The number of aryl methyl sites for hydroxylation is 1. The minimum absolute atomic E-state index is 0.0652. The third-order valence-corrected chi connectivity index (χ3v) is 8.44. The SMILES string of the molecule is CCCNC(=O)[C@H](CC)N(Cc1ccc(C)cc1)C(=O)CN(c1ccccc1)S(=O)(=O)c1ccc(OC)c(OC)c1. The fraction of sp³-hybridized carbons (Fsp3) is 0.355. The molecule has 0 bridgehead atoms. The Bertz CT molecular complexity index is 1410. The second kappa shape index (κ2) is 14.5. The van der Waals surface area contributed by atoms with Crippen molar-refractivity contribution in [3.63, 3.8) is 0 Å². The fourth-order valence-corrected chi connectivity index (χ4v) is 5.83. The second-order valence-corrected chi connectivity index (χ2v) is 11.4. The molecule has 3 aromatic carbocycles. The number of benzene rings is 3. The van der Waals surface area contributed by atoms with Crippen molar-refractivity contribution < 1.29 is 27.5 Å². The number of methoxy groups -OCH3 is 2. The van der Waals surface area contributed by atoms with Crippen LogP contribution in [0, 0.1) is 6.92 Å². The van der Waals surface area contributed by atoms with E-state index in [-0.39, 0.29) is 23.1 Å². The van der Waals surface area contributed by atoms with Crippen LogP contribution in [0.3, 0.4) is 0 Å². The van der Waals surface area contributed by atoms with Crippen molar-refractivity contribution in [2.45, 2.75) is 51.1 Å². The molecule has 0 aliphatic rings. The number of hydrogen-bond acceptors (Lipinski definition) is 6. The van der Waals surface area contributed by atoms with Crippen LogP contribution in [0.2, 0.25) is 0 Å². The molecule has 0 saturated carbocycles. The zero-order valence-electron chi connectivity index (χ0n) is 24.3. The van der Waals surface area contributed by atoms with E-state index in [1.807, 2.05) is 45.0 Å². The van der Waals surface area contributed by atoms with Crippen LogP contribution in [0.1, 0.15) is 37.8 Å². The Hall–Kier alpha value is -4.05. The van der Waals surface area contributed by atoms with Crippen LogP contribution in [0.15, 0.2) is 77.7 Å². The predicted molar refractivity (Wildman–Crippen MR) is 160 cm³/mol. The summed E-state index contributed by atoms with van der Waals surface area (Å²) in [6.07, 6.45) is 1.11. The van der Waals surface area contributed by atoms with Crippen molar-refractivity contribution in [3.05, 3.63) is 83.9 Å². The highest BCUT2D eigenvalue weighted by Crippen LogP contribution is 2.32. The molecule has 0 aliphatic carbocycles. The molecule has 0 heterocycles. The maximum Gasteiger partial charge on any atom is 0.264 e. The first kappa shape index (κ1) is 31.5. The summed E-state index contributed by atoms with van der Waals surface area (Å²) >= 11 is 0. The number of ether oxygens (including phenoxy) is 2. The first-order valence-electron chi connectivity index (χ1n) is 13.6. The number of sulfonamides is 1. The van der Waals surface area contributed by atoms with E-state index in [0.717, 1.165) is 21.9 Å². The highest BCUT2D eigenvalue weighted by atomic mass is 32.2. The lowest BCUT2D eigenvalue weighted by molar-refractivity contribution is -0.140. The van der Waals surface area contributed by atoms with Crippen molar-refractivity contribution in [1.82, 2.24) is 10.2 Å². The van der Waals surface area contributed by atoms with Gasteiger partial charge in [0.05, 0.1) is 24.8 Å². The molecule has 0 unspecified atom stereocenters. The van der Waals surface area contributed by atoms with Gasteiger partial charge in [0.2, 0.25) is 11.8 Å². The molecule has 9 nitrogen and oxygen atoms in total. The Labute approximate surface area is 243 Å². The van der Waals surface area contributed by atoms with Gasteiger partial charge in [0.25, 0.3) is 10.0 Å². The number of para-hydroxylation sites is 1. The molecule has 1 atom stereocenters. The number of nitrogens with zero attached hydrogens (tertiary/aromatic N) is 2. The lowest BCUT2D eigenvalue weighted by atomic mass is 10.1. The molecule has 0 spiro atoms. The molecule has 0 aliphatic heterocycles. The largest absolute Gasteiger partial charge is 0.493 e. The van der Waals surface area contributed by atoms with Gasteiger partial charge in [0, 0.05) is 19.2 Å². The molecule has 0 fully saturated rings. The molecule has 2 amide bonds. The molecule has 1 N–H and O–H groups in total. The first-order valence-corrected chi connectivity index (χ1v) is 15.0. The molecular formula is C31H39N3O6S. The van der Waals surface area contributed by atoms with Gasteiger partial charge in [0.15, 0.2) is 11.5 Å². The first-order chi connectivity index (χ1) is 19.7. The van der Waals surface area contributed by atoms with E-state index >= 15 is 0 Å². The number of rotatable bonds is 14. The van der Waals surface area contributed by atoms with Crippen molar-refractivity contribution in [2.24, 2.45) is 0 Å². The summed E-state index contributed by atoms with van der Waals surface area (Å²) in [6.45, 7) is 5.87. The van der Waals surface area contributed by atoms with Crippen molar-refractivity contribution in [1.29, 1.82) is 0 Å². The number of anilines is 1. The van der Waals surface area contributed by atoms with Gasteiger partial charge in [0.1, 0.15) is 12.6 Å². The highest BCUT2D eigenvalue weighted by Gasteiger charge is 2.34. The van der Waals surface area contributed by atoms with Gasteiger partial charge in [-0.2, -0.15) is 0 Å². The fourth-order valence-electron chi connectivity index (χ4n) is 4.40. The molecule has 0 radical (unpaired) electrons. The number of nitrogens with one attached hydrogen (secondary N) is 1. The van der Waals surface area contributed by atoms with Gasteiger partial charge >= 0.3 is 0 Å². The van der Waals surface area contributed by atoms with Crippen LogP contribution in [-0.2, 0) is 26.2 Å². The Morgan fingerprint density at radius 3 is 2.15 bits per heavy atom. The van der Waals surface area contributed by atoms with E-state index in [0.29, 0.717) is 24.4 Å². The minimum Gasteiger partial charge on any atom is -0.493 e. The second-order valence-electron chi connectivity index (χ2n) is 9.59. The molecule has 3 aromatic rings. The van der Waals surface area contributed by atoms with E-state index in [4.69, 9.17) is 9.47 Å². The van der Waals surface area contributed by atoms with Crippen LogP contribution in [0.4, 0.5) is 5.69 Å². The van der Waals surface area contributed by atoms with Crippen LogP contribution in [0.5, 0.6) is 11.5 Å². The summed E-state index contributed by atoms with van der Waals surface area (Å²) < 4.78 is 39.8. The zero-order chi connectivity index (χ0) is 30.0. The van der Waals surface area contributed by atoms with Crippen molar-refractivity contribution in [3.8, 4) is 11.5 Å². The van der Waals surface area contributed by atoms with Gasteiger partial charge in [-0.3, -0.25) is 13.9 Å². The van der Waals surface area contributed by atoms with Crippen LogP contribution >= 0.6 is 0 Å². The monoisotopic (exact) mass is 581 g/mol. The van der Waals surface area contributed by atoms with E-state index in [1.54, 1.807) is 30.3 Å². The Morgan fingerprint density at radius 1 is 0.902 bits per heavy atom. The Kier molecular flexibility index (Phi) is 11.2. The van der Waals surface area contributed by atoms with Crippen LogP contribution < -0.4 is 19.1 Å².